The van der Waals surface area contributed by atoms with Crippen molar-refractivity contribution in [2.75, 3.05) is 0 Å². The van der Waals surface area contributed by atoms with Crippen molar-refractivity contribution in [3.8, 4) is 0 Å². The molecule has 0 aliphatic heterocycles. The van der Waals surface area contributed by atoms with Crippen molar-refractivity contribution in [3.63, 3.8) is 0 Å². The highest BCUT2D eigenvalue weighted by atomic mass is 14.9. The molecule has 0 amide bonds. The van der Waals surface area contributed by atoms with Crippen LogP contribution in [0.25, 0.3) is 0 Å². The summed E-state index contributed by atoms with van der Waals surface area (Å²) in [6.45, 7) is 3.79. The van der Waals surface area contributed by atoms with Gasteiger partial charge in [0.1, 0.15) is 0 Å². The molecule has 2 unspecified atom stereocenters. The van der Waals surface area contributed by atoms with Gasteiger partial charge in [-0.25, -0.2) is 0 Å². The maximum absolute atomic E-state index is 5.57. The highest BCUT2D eigenvalue weighted by Crippen LogP contribution is 2.24. The van der Waals surface area contributed by atoms with Crippen molar-refractivity contribution >= 4 is 0 Å². The number of hydrogen-bond donors (Lipinski definition) is 2. The minimum Gasteiger partial charge on any atom is -0.325 e. The van der Waals surface area contributed by atoms with Crippen molar-refractivity contribution in [3.05, 3.63) is 29.6 Å². The maximum atomic E-state index is 5.57. The zero-order valence-electron chi connectivity index (χ0n) is 9.95. The summed E-state index contributed by atoms with van der Waals surface area (Å²) < 4.78 is 0. The highest BCUT2D eigenvalue weighted by Gasteiger charge is 2.20. The fourth-order valence-corrected chi connectivity index (χ4v) is 2.40. The van der Waals surface area contributed by atoms with Gasteiger partial charge in [0.2, 0.25) is 0 Å². The number of aromatic nitrogens is 1. The molecule has 0 bridgehead atoms. The molecule has 3 heteroatoms. The van der Waals surface area contributed by atoms with E-state index >= 15 is 0 Å². The predicted molar refractivity (Wildman–Crippen MR) is 65.8 cm³/mol. The van der Waals surface area contributed by atoms with Gasteiger partial charge in [0, 0.05) is 25.3 Å². The normalized spacial score (nSPS) is 24.9. The van der Waals surface area contributed by atoms with Crippen LogP contribution in [0.3, 0.4) is 0 Å². The second-order valence-corrected chi connectivity index (χ2v) is 4.86. The van der Waals surface area contributed by atoms with E-state index in [2.05, 4.69) is 29.4 Å². The number of nitrogens with two attached hydrogens (primary N) is 1. The molecular weight excluding hydrogens is 198 g/mol. The first-order valence-corrected chi connectivity index (χ1v) is 6.15. The summed E-state index contributed by atoms with van der Waals surface area (Å²) in [5.41, 5.74) is 7.83. The first-order valence-electron chi connectivity index (χ1n) is 6.15. The molecule has 16 heavy (non-hydrogen) atoms. The van der Waals surface area contributed by atoms with Gasteiger partial charge in [-0.2, -0.15) is 0 Å². The standard InChI is InChI=1S/C13H21N3/c1-10-2-3-12(6-10)16-9-11-4-5-15-13(7-11)8-14/h4-5,7,10,12,16H,2-3,6,8-9,14H2,1H3. The van der Waals surface area contributed by atoms with E-state index in [1.807, 2.05) is 6.20 Å². The number of pyridine rings is 1. The van der Waals surface area contributed by atoms with Crippen LogP contribution in [0.5, 0.6) is 0 Å². The van der Waals surface area contributed by atoms with Crippen LogP contribution in [-0.4, -0.2) is 11.0 Å². The van der Waals surface area contributed by atoms with E-state index in [0.29, 0.717) is 12.6 Å². The Morgan fingerprint density at radius 2 is 2.38 bits per heavy atom. The Morgan fingerprint density at radius 3 is 3.06 bits per heavy atom. The van der Waals surface area contributed by atoms with Crippen molar-refractivity contribution < 1.29 is 0 Å². The average Bonchev–Trinajstić information content (AvgIpc) is 2.73. The van der Waals surface area contributed by atoms with E-state index in [4.69, 9.17) is 5.73 Å². The SMILES string of the molecule is CC1CCC(NCc2ccnc(CN)c2)C1. The third-order valence-corrected chi connectivity index (χ3v) is 3.38. The van der Waals surface area contributed by atoms with Gasteiger partial charge in [0.15, 0.2) is 0 Å². The van der Waals surface area contributed by atoms with Gasteiger partial charge in [-0.15, -0.1) is 0 Å². The van der Waals surface area contributed by atoms with Crippen LogP contribution < -0.4 is 11.1 Å². The molecular formula is C13H21N3. The lowest BCUT2D eigenvalue weighted by atomic mass is 10.1. The number of hydrogen-bond acceptors (Lipinski definition) is 3. The van der Waals surface area contributed by atoms with Gasteiger partial charge in [-0.05, 0) is 42.9 Å². The molecule has 3 nitrogen and oxygen atoms in total. The topological polar surface area (TPSA) is 50.9 Å². The van der Waals surface area contributed by atoms with Crippen LogP contribution in [0, 0.1) is 5.92 Å². The lowest BCUT2D eigenvalue weighted by molar-refractivity contribution is 0.502. The Bertz CT molecular complexity index is 338. The van der Waals surface area contributed by atoms with Crippen molar-refractivity contribution in [2.24, 2.45) is 11.7 Å². The van der Waals surface area contributed by atoms with Crippen LogP contribution in [0.1, 0.15) is 37.4 Å². The fourth-order valence-electron chi connectivity index (χ4n) is 2.40. The predicted octanol–water partition coefficient (Wildman–Crippen LogP) is 1.82. The van der Waals surface area contributed by atoms with E-state index in [1.165, 1.54) is 24.8 Å². The molecule has 3 N–H and O–H groups in total. The Kier molecular flexibility index (Phi) is 3.91. The zero-order valence-corrected chi connectivity index (χ0v) is 9.95. The summed E-state index contributed by atoms with van der Waals surface area (Å²) in [7, 11) is 0. The lowest BCUT2D eigenvalue weighted by Crippen LogP contribution is -2.25. The molecule has 1 aromatic rings. The summed E-state index contributed by atoms with van der Waals surface area (Å²) in [4.78, 5) is 4.20. The molecule has 2 atom stereocenters. The van der Waals surface area contributed by atoms with Crippen LogP contribution in [0.15, 0.2) is 18.3 Å². The van der Waals surface area contributed by atoms with Crippen LogP contribution in [-0.2, 0) is 13.1 Å². The Balaban J connectivity index is 1.84. The summed E-state index contributed by atoms with van der Waals surface area (Å²) in [6, 6.07) is 4.85. The summed E-state index contributed by atoms with van der Waals surface area (Å²) >= 11 is 0. The van der Waals surface area contributed by atoms with E-state index in [0.717, 1.165) is 18.2 Å². The zero-order chi connectivity index (χ0) is 11.4. The molecule has 1 saturated carbocycles. The second-order valence-electron chi connectivity index (χ2n) is 4.86. The molecule has 1 aliphatic carbocycles. The van der Waals surface area contributed by atoms with E-state index in [1.54, 1.807) is 0 Å². The van der Waals surface area contributed by atoms with Gasteiger partial charge in [0.05, 0.1) is 5.69 Å². The molecule has 0 aromatic carbocycles. The molecule has 0 spiro atoms. The van der Waals surface area contributed by atoms with E-state index < -0.39 is 0 Å². The van der Waals surface area contributed by atoms with Gasteiger partial charge in [-0.3, -0.25) is 4.98 Å². The summed E-state index contributed by atoms with van der Waals surface area (Å²) in [5.74, 6) is 0.884. The molecule has 1 heterocycles. The Morgan fingerprint density at radius 1 is 1.50 bits per heavy atom. The minimum atomic E-state index is 0.522. The first-order chi connectivity index (χ1) is 7.78. The van der Waals surface area contributed by atoms with Gasteiger partial charge >= 0.3 is 0 Å². The quantitative estimate of drug-likeness (QED) is 0.812. The van der Waals surface area contributed by atoms with Crippen LogP contribution in [0.2, 0.25) is 0 Å². The van der Waals surface area contributed by atoms with Crippen molar-refractivity contribution in [1.82, 2.24) is 10.3 Å². The lowest BCUT2D eigenvalue weighted by Gasteiger charge is -2.12. The number of nitrogens with one attached hydrogen (secondary N) is 1. The monoisotopic (exact) mass is 219 g/mol. The first kappa shape index (κ1) is 11.6. The largest absolute Gasteiger partial charge is 0.325 e. The minimum absolute atomic E-state index is 0.522. The fraction of sp³-hybridized carbons (Fsp3) is 0.615. The Hall–Kier alpha value is -0.930. The third kappa shape index (κ3) is 3.03. The number of nitrogens with zero attached hydrogens (tertiary/aromatic N) is 1. The smallest absolute Gasteiger partial charge is 0.0542 e. The second kappa shape index (κ2) is 5.41. The van der Waals surface area contributed by atoms with Gasteiger partial charge in [0.25, 0.3) is 0 Å². The van der Waals surface area contributed by atoms with Crippen LogP contribution in [0.4, 0.5) is 0 Å². The third-order valence-electron chi connectivity index (χ3n) is 3.38. The molecule has 1 fully saturated rings. The van der Waals surface area contributed by atoms with Crippen molar-refractivity contribution in [2.45, 2.75) is 45.3 Å². The molecule has 0 radical (unpaired) electrons. The maximum Gasteiger partial charge on any atom is 0.0542 e. The van der Waals surface area contributed by atoms with Crippen LogP contribution >= 0.6 is 0 Å². The molecule has 0 saturated heterocycles. The highest BCUT2D eigenvalue weighted by molar-refractivity contribution is 5.16. The molecule has 1 aliphatic rings. The van der Waals surface area contributed by atoms with E-state index in [9.17, 15) is 0 Å². The van der Waals surface area contributed by atoms with E-state index in [-0.39, 0.29) is 0 Å². The van der Waals surface area contributed by atoms with Gasteiger partial charge in [-0.1, -0.05) is 6.92 Å². The Labute approximate surface area is 97.5 Å². The average molecular weight is 219 g/mol. The van der Waals surface area contributed by atoms with Gasteiger partial charge < -0.3 is 11.1 Å². The number of rotatable bonds is 4. The summed E-state index contributed by atoms with van der Waals surface area (Å²) in [5, 5.41) is 3.61. The molecule has 2 rings (SSSR count). The molecule has 88 valence electrons. The molecule has 1 aromatic heterocycles. The van der Waals surface area contributed by atoms with Crippen molar-refractivity contribution in [1.29, 1.82) is 0 Å². The summed E-state index contributed by atoms with van der Waals surface area (Å²) in [6.07, 6.45) is 5.84.